The first-order valence-electron chi connectivity index (χ1n) is 3.47. The lowest BCUT2D eigenvalue weighted by molar-refractivity contribution is 0.0787. The molecule has 0 aromatic rings. The van der Waals surface area contributed by atoms with E-state index in [1.165, 1.54) is 0 Å². The van der Waals surface area contributed by atoms with Crippen LogP contribution in [0.1, 0.15) is 6.92 Å². The van der Waals surface area contributed by atoms with Gasteiger partial charge in [-0.25, -0.2) is 0 Å². The summed E-state index contributed by atoms with van der Waals surface area (Å²) in [6, 6.07) is 1.29. The molecule has 0 amide bonds. The highest BCUT2D eigenvalue weighted by atomic mass is 16.3. The lowest BCUT2D eigenvalue weighted by atomic mass is 10.4. The van der Waals surface area contributed by atoms with Crippen LogP contribution in [-0.4, -0.2) is 41.4 Å². The first-order valence-corrected chi connectivity index (χ1v) is 3.47. The summed E-state index contributed by atoms with van der Waals surface area (Å²) in [5.41, 5.74) is 0. The molecule has 0 radical (unpaired) electrons. The average Bonchev–Trinajstić information content (AvgIpc) is 2.30. The van der Waals surface area contributed by atoms with Crippen molar-refractivity contribution in [2.75, 3.05) is 13.1 Å². The summed E-state index contributed by atoms with van der Waals surface area (Å²) in [4.78, 5) is 2.14. The minimum atomic E-state index is -0.234. The third kappa shape index (κ3) is 0.689. The molecule has 9 heavy (non-hydrogen) atoms. The van der Waals surface area contributed by atoms with Crippen molar-refractivity contribution in [2.24, 2.45) is 0 Å². The second-order valence-corrected chi connectivity index (χ2v) is 2.87. The van der Waals surface area contributed by atoms with Gasteiger partial charge in [-0.2, -0.15) is 0 Å². The summed E-state index contributed by atoms with van der Waals surface area (Å²) in [6.45, 7) is 3.96. The van der Waals surface area contributed by atoms with Gasteiger partial charge in [0.2, 0.25) is 0 Å². The molecule has 2 fully saturated rings. The van der Waals surface area contributed by atoms with Gasteiger partial charge in [-0.3, -0.25) is 4.90 Å². The Morgan fingerprint density at radius 1 is 1.56 bits per heavy atom. The lowest BCUT2D eigenvalue weighted by Gasteiger charge is -2.09. The Balaban J connectivity index is 1.94. The molecule has 2 heterocycles. The third-order valence-corrected chi connectivity index (χ3v) is 2.26. The molecule has 0 saturated carbocycles. The van der Waals surface area contributed by atoms with E-state index in [4.69, 9.17) is 5.11 Å². The second kappa shape index (κ2) is 1.68. The number of aliphatic hydroxyl groups excluding tert-OH is 1. The number of aliphatic hydroxyl groups is 1. The highest BCUT2D eigenvalue weighted by molar-refractivity contribution is 5.09. The van der Waals surface area contributed by atoms with Crippen molar-refractivity contribution in [1.82, 2.24) is 10.2 Å². The molecule has 52 valence electrons. The number of nitrogens with zero attached hydrogens (tertiary/aromatic N) is 1. The van der Waals surface area contributed by atoms with Gasteiger partial charge in [-0.15, -0.1) is 0 Å². The highest BCUT2D eigenvalue weighted by Gasteiger charge is 2.52. The zero-order valence-electron chi connectivity index (χ0n) is 5.54. The number of piperazine rings is 1. The van der Waals surface area contributed by atoms with E-state index >= 15 is 0 Å². The van der Waals surface area contributed by atoms with E-state index in [2.05, 4.69) is 10.2 Å². The Morgan fingerprint density at radius 3 is 2.44 bits per heavy atom. The molecule has 2 aliphatic heterocycles. The summed E-state index contributed by atoms with van der Waals surface area (Å²) in [5, 5.41) is 12.3. The zero-order chi connectivity index (χ0) is 6.43. The molecular formula is C6H12N2O. The van der Waals surface area contributed by atoms with Crippen LogP contribution in [0.4, 0.5) is 0 Å². The molecule has 2 saturated heterocycles. The number of hydrogen-bond donors (Lipinski definition) is 2. The summed E-state index contributed by atoms with van der Waals surface area (Å²) in [5.74, 6) is 0. The van der Waals surface area contributed by atoms with Crippen LogP contribution in [-0.2, 0) is 0 Å². The molecule has 0 aliphatic carbocycles. The third-order valence-electron chi connectivity index (χ3n) is 2.26. The van der Waals surface area contributed by atoms with Crippen molar-refractivity contribution < 1.29 is 5.11 Å². The predicted molar refractivity (Wildman–Crippen MR) is 34.0 cm³/mol. The van der Waals surface area contributed by atoms with Crippen LogP contribution in [0.2, 0.25) is 0 Å². The fourth-order valence-electron chi connectivity index (χ4n) is 1.77. The minimum absolute atomic E-state index is 0.234. The highest BCUT2D eigenvalue weighted by Crippen LogP contribution is 2.32. The van der Waals surface area contributed by atoms with Gasteiger partial charge in [0, 0.05) is 25.2 Å². The normalized spacial score (nSPS) is 50.7. The Labute approximate surface area is 54.7 Å². The maximum Gasteiger partial charge on any atom is 0.105 e. The van der Waals surface area contributed by atoms with Crippen molar-refractivity contribution in [3.63, 3.8) is 0 Å². The van der Waals surface area contributed by atoms with Gasteiger partial charge in [0.25, 0.3) is 0 Å². The molecular weight excluding hydrogens is 116 g/mol. The molecule has 3 heteroatoms. The van der Waals surface area contributed by atoms with E-state index < -0.39 is 0 Å². The van der Waals surface area contributed by atoms with Crippen molar-refractivity contribution in [3.8, 4) is 0 Å². The van der Waals surface area contributed by atoms with Crippen LogP contribution >= 0.6 is 0 Å². The zero-order valence-corrected chi connectivity index (χ0v) is 5.54. The molecule has 2 N–H and O–H groups in total. The monoisotopic (exact) mass is 128 g/mol. The van der Waals surface area contributed by atoms with Gasteiger partial charge >= 0.3 is 0 Å². The molecule has 2 rings (SSSR count). The number of fused-ring (bicyclic) bond motifs is 1. The number of hydrogen-bond acceptors (Lipinski definition) is 3. The number of nitrogens with one attached hydrogen (secondary N) is 1. The van der Waals surface area contributed by atoms with Gasteiger partial charge < -0.3 is 10.4 Å². The van der Waals surface area contributed by atoms with Crippen LogP contribution in [0.15, 0.2) is 0 Å². The molecule has 0 spiro atoms. The summed E-state index contributed by atoms with van der Waals surface area (Å²) >= 11 is 0. The van der Waals surface area contributed by atoms with Crippen LogP contribution in [0.3, 0.4) is 0 Å². The SMILES string of the molecule is CC(O)N1C2CNCC21. The van der Waals surface area contributed by atoms with E-state index in [0.717, 1.165) is 13.1 Å². The maximum absolute atomic E-state index is 9.10. The Kier molecular flexibility index (Phi) is 1.06. The molecule has 2 aliphatic rings. The van der Waals surface area contributed by atoms with Gasteiger partial charge in [-0.05, 0) is 6.92 Å². The largest absolute Gasteiger partial charge is 0.379 e. The van der Waals surface area contributed by atoms with Gasteiger partial charge in [0.05, 0.1) is 0 Å². The van der Waals surface area contributed by atoms with Crippen molar-refractivity contribution in [1.29, 1.82) is 0 Å². The van der Waals surface area contributed by atoms with E-state index in [1.807, 2.05) is 6.92 Å². The van der Waals surface area contributed by atoms with Crippen LogP contribution < -0.4 is 5.32 Å². The van der Waals surface area contributed by atoms with Crippen LogP contribution in [0.25, 0.3) is 0 Å². The van der Waals surface area contributed by atoms with E-state index in [9.17, 15) is 0 Å². The van der Waals surface area contributed by atoms with E-state index in [-0.39, 0.29) is 6.23 Å². The molecule has 0 bridgehead atoms. The fourth-order valence-corrected chi connectivity index (χ4v) is 1.77. The Morgan fingerprint density at radius 2 is 2.11 bits per heavy atom. The van der Waals surface area contributed by atoms with Crippen LogP contribution in [0, 0.1) is 0 Å². The van der Waals surface area contributed by atoms with Gasteiger partial charge in [0.15, 0.2) is 0 Å². The molecule has 0 aromatic heterocycles. The van der Waals surface area contributed by atoms with Crippen LogP contribution in [0.5, 0.6) is 0 Å². The molecule has 3 atom stereocenters. The minimum Gasteiger partial charge on any atom is -0.379 e. The summed E-state index contributed by atoms with van der Waals surface area (Å²) < 4.78 is 0. The first-order chi connectivity index (χ1) is 4.30. The molecule has 0 aromatic carbocycles. The quantitative estimate of drug-likeness (QED) is 0.444. The standard InChI is InChI=1S/C6H12N2O/c1-4(9)8-5-2-7-3-6(5)8/h4-7,9H,2-3H2,1H3. The fraction of sp³-hybridized carbons (Fsp3) is 1.00. The van der Waals surface area contributed by atoms with Crippen molar-refractivity contribution in [2.45, 2.75) is 25.2 Å². The molecule has 3 nitrogen and oxygen atoms in total. The van der Waals surface area contributed by atoms with E-state index in [1.54, 1.807) is 0 Å². The lowest BCUT2D eigenvalue weighted by Crippen LogP contribution is -2.28. The summed E-state index contributed by atoms with van der Waals surface area (Å²) in [7, 11) is 0. The predicted octanol–water partition coefficient (Wildman–Crippen LogP) is -1.02. The van der Waals surface area contributed by atoms with E-state index in [0.29, 0.717) is 12.1 Å². The van der Waals surface area contributed by atoms with Gasteiger partial charge in [0.1, 0.15) is 6.23 Å². The van der Waals surface area contributed by atoms with Gasteiger partial charge in [-0.1, -0.05) is 0 Å². The Bertz CT molecular complexity index is 116. The molecule has 3 unspecified atom stereocenters. The maximum atomic E-state index is 9.10. The van der Waals surface area contributed by atoms with Crippen molar-refractivity contribution >= 4 is 0 Å². The second-order valence-electron chi connectivity index (χ2n) is 2.87. The summed E-state index contributed by atoms with van der Waals surface area (Å²) in [6.07, 6.45) is -0.234. The number of rotatable bonds is 1. The topological polar surface area (TPSA) is 35.3 Å². The first kappa shape index (κ1) is 5.65. The smallest absolute Gasteiger partial charge is 0.105 e. The van der Waals surface area contributed by atoms with Crippen molar-refractivity contribution in [3.05, 3.63) is 0 Å². The Hall–Kier alpha value is -0.120. The average molecular weight is 128 g/mol.